The lowest BCUT2D eigenvalue weighted by atomic mass is 9.66. The molecule has 3 aromatic rings. The number of ketones is 2. The summed E-state index contributed by atoms with van der Waals surface area (Å²) < 4.78 is 32.9. The van der Waals surface area contributed by atoms with Gasteiger partial charge in [0.1, 0.15) is 28.9 Å². The third-order valence-corrected chi connectivity index (χ3v) is 8.61. The first-order chi connectivity index (χ1) is 19.2. The van der Waals surface area contributed by atoms with Crippen LogP contribution in [0, 0.1) is 36.3 Å². The fourth-order valence-corrected chi connectivity index (χ4v) is 6.51. The van der Waals surface area contributed by atoms with Gasteiger partial charge in [-0.25, -0.2) is 18.7 Å². The van der Waals surface area contributed by atoms with Crippen molar-refractivity contribution in [2.75, 3.05) is 19.6 Å². The third kappa shape index (κ3) is 6.45. The molecule has 0 spiro atoms. The number of hydrogen-bond donors (Lipinski definition) is 0. The van der Waals surface area contributed by atoms with Crippen LogP contribution in [0.25, 0.3) is 11.3 Å². The number of nitrogens with zero attached hydrogens (tertiary/aromatic N) is 4. The zero-order valence-corrected chi connectivity index (χ0v) is 24.5. The van der Waals surface area contributed by atoms with Crippen molar-refractivity contribution in [3.63, 3.8) is 0 Å². The predicted octanol–water partition coefficient (Wildman–Crippen LogP) is 6.42. The van der Waals surface area contributed by atoms with Crippen LogP contribution in [0.2, 0.25) is 0 Å². The third-order valence-electron chi connectivity index (χ3n) is 8.61. The second kappa shape index (κ2) is 10.8. The highest BCUT2D eigenvalue weighted by Gasteiger charge is 2.49. The Morgan fingerprint density at radius 1 is 1.02 bits per heavy atom. The monoisotopic (exact) mass is 564 g/mol. The Hall–Kier alpha value is -3.33. The summed E-state index contributed by atoms with van der Waals surface area (Å²) in [7, 11) is 0. The van der Waals surface area contributed by atoms with Crippen LogP contribution in [-0.2, 0) is 10.2 Å². The molecule has 0 bridgehead atoms. The van der Waals surface area contributed by atoms with Crippen molar-refractivity contribution in [3.8, 4) is 11.3 Å². The van der Waals surface area contributed by atoms with Crippen molar-refractivity contribution in [1.82, 2.24) is 20.0 Å². The van der Waals surface area contributed by atoms with Crippen LogP contribution >= 0.6 is 0 Å². The number of aromatic nitrogens is 3. The summed E-state index contributed by atoms with van der Waals surface area (Å²) in [5, 5.41) is 3.89. The molecule has 218 valence electrons. The zero-order chi connectivity index (χ0) is 29.6. The standard InChI is InChI=1S/C32H38F2N4O3/c1-20-11-21(2)36-29(35-20)30(3,4)14-23(39)15-32(18-38(19-32)17-31(5)9-6-10-31)16-27(40)26-13-28(41-37-26)24-8-7-22(33)12-25(24)34/h7-8,11-13H,6,9-10,14-19H2,1-5H3. The van der Waals surface area contributed by atoms with E-state index in [2.05, 4.69) is 26.9 Å². The minimum Gasteiger partial charge on any atom is -0.355 e. The van der Waals surface area contributed by atoms with E-state index in [1.54, 1.807) is 0 Å². The molecule has 3 heterocycles. The average Bonchev–Trinajstić information content (AvgIpc) is 3.31. The summed E-state index contributed by atoms with van der Waals surface area (Å²) in [6, 6.07) is 6.44. The van der Waals surface area contributed by atoms with E-state index in [-0.39, 0.29) is 47.8 Å². The van der Waals surface area contributed by atoms with Gasteiger partial charge in [-0.15, -0.1) is 0 Å². The molecule has 0 atom stereocenters. The molecule has 7 nitrogen and oxygen atoms in total. The van der Waals surface area contributed by atoms with Gasteiger partial charge in [-0.1, -0.05) is 32.3 Å². The van der Waals surface area contributed by atoms with Crippen LogP contribution < -0.4 is 0 Å². The van der Waals surface area contributed by atoms with E-state index >= 15 is 0 Å². The van der Waals surface area contributed by atoms with Gasteiger partial charge < -0.3 is 9.42 Å². The Bertz CT molecular complexity index is 1450. The highest BCUT2D eigenvalue weighted by molar-refractivity contribution is 5.96. The second-order valence-corrected chi connectivity index (χ2v) is 13.4. The maximum absolute atomic E-state index is 14.3. The van der Waals surface area contributed by atoms with Crippen molar-refractivity contribution in [1.29, 1.82) is 0 Å². The van der Waals surface area contributed by atoms with E-state index in [4.69, 9.17) is 4.52 Å². The molecule has 41 heavy (non-hydrogen) atoms. The molecular weight excluding hydrogens is 526 g/mol. The minimum atomic E-state index is -0.795. The lowest BCUT2D eigenvalue weighted by Crippen LogP contribution is -2.60. The molecule has 0 N–H and O–H groups in total. The number of halogens is 2. The van der Waals surface area contributed by atoms with Gasteiger partial charge in [0.15, 0.2) is 11.5 Å². The molecule has 1 aliphatic heterocycles. The summed E-state index contributed by atoms with van der Waals surface area (Å²) in [5.41, 5.74) is 1.05. The number of aryl methyl sites for hydroxylation is 2. The molecule has 1 aromatic carbocycles. The van der Waals surface area contributed by atoms with Gasteiger partial charge in [-0.3, -0.25) is 9.59 Å². The number of rotatable bonds is 11. The quantitative estimate of drug-likeness (QED) is 0.248. The fraction of sp³-hybridized carbons (Fsp3) is 0.531. The molecule has 5 rings (SSSR count). The maximum atomic E-state index is 14.3. The first-order valence-corrected chi connectivity index (χ1v) is 14.3. The van der Waals surface area contributed by atoms with Crippen LogP contribution in [0.15, 0.2) is 34.9 Å². The molecule has 2 aromatic heterocycles. The van der Waals surface area contributed by atoms with Crippen molar-refractivity contribution in [2.24, 2.45) is 10.8 Å². The highest BCUT2D eigenvalue weighted by atomic mass is 19.1. The van der Waals surface area contributed by atoms with Gasteiger partial charge in [0.05, 0.1) is 5.56 Å². The Kier molecular flexibility index (Phi) is 7.70. The molecule has 9 heteroatoms. The van der Waals surface area contributed by atoms with Crippen LogP contribution in [0.4, 0.5) is 8.78 Å². The van der Waals surface area contributed by atoms with E-state index in [0.29, 0.717) is 24.3 Å². The number of likely N-dealkylation sites (tertiary alicyclic amines) is 1. The van der Waals surface area contributed by atoms with Gasteiger partial charge in [0.2, 0.25) is 0 Å². The summed E-state index contributed by atoms with van der Waals surface area (Å²) in [6.07, 6.45) is 4.29. The summed E-state index contributed by atoms with van der Waals surface area (Å²) in [6.45, 7) is 12.3. The number of benzene rings is 1. The Morgan fingerprint density at radius 2 is 1.71 bits per heavy atom. The van der Waals surface area contributed by atoms with Crippen molar-refractivity contribution < 1.29 is 22.9 Å². The van der Waals surface area contributed by atoms with Crippen molar-refractivity contribution in [2.45, 2.75) is 78.6 Å². The number of hydrogen-bond acceptors (Lipinski definition) is 7. The van der Waals surface area contributed by atoms with E-state index in [0.717, 1.165) is 30.1 Å². The molecule has 2 fully saturated rings. The van der Waals surface area contributed by atoms with Crippen LogP contribution in [0.3, 0.4) is 0 Å². The van der Waals surface area contributed by atoms with Gasteiger partial charge in [0, 0.05) is 73.2 Å². The smallest absolute Gasteiger partial charge is 0.185 e. The zero-order valence-electron chi connectivity index (χ0n) is 24.5. The number of carbonyl (C=O) groups excluding carboxylic acids is 2. The van der Waals surface area contributed by atoms with E-state index < -0.39 is 22.5 Å². The Labute approximate surface area is 239 Å². The van der Waals surface area contributed by atoms with Gasteiger partial charge in [-0.05, 0) is 50.3 Å². The molecule has 0 amide bonds. The summed E-state index contributed by atoms with van der Waals surface area (Å²) in [5.74, 6) is -0.997. The lowest BCUT2D eigenvalue weighted by molar-refractivity contribution is -0.127. The Balaban J connectivity index is 1.31. The molecule has 1 aliphatic carbocycles. The molecule has 0 unspecified atom stereocenters. The Morgan fingerprint density at radius 3 is 2.32 bits per heavy atom. The maximum Gasteiger partial charge on any atom is 0.185 e. The summed E-state index contributed by atoms with van der Waals surface area (Å²) in [4.78, 5) is 38.5. The normalized spacial score (nSPS) is 18.0. The molecular formula is C32H38F2N4O3. The van der Waals surface area contributed by atoms with E-state index in [1.807, 2.05) is 33.8 Å². The predicted molar refractivity (Wildman–Crippen MR) is 150 cm³/mol. The molecule has 2 aliphatic rings. The average molecular weight is 565 g/mol. The van der Waals surface area contributed by atoms with Gasteiger partial charge >= 0.3 is 0 Å². The number of Topliss-reactive ketones (excluding diaryl/α,β-unsaturated/α-hetero) is 2. The van der Waals surface area contributed by atoms with Gasteiger partial charge in [0.25, 0.3) is 0 Å². The van der Waals surface area contributed by atoms with Crippen molar-refractivity contribution >= 4 is 11.6 Å². The SMILES string of the molecule is Cc1cc(C)nc(C(C)(C)CC(=O)CC2(CC(=O)c3cc(-c4ccc(F)cc4F)on3)CN(CC3(C)CCC3)C2)n1. The largest absolute Gasteiger partial charge is 0.355 e. The second-order valence-electron chi connectivity index (χ2n) is 13.4. The molecule has 1 saturated carbocycles. The van der Waals surface area contributed by atoms with Crippen molar-refractivity contribution in [3.05, 3.63) is 64.9 Å². The minimum absolute atomic E-state index is 0.0299. The first-order valence-electron chi connectivity index (χ1n) is 14.3. The number of carbonyl (C=O) groups is 2. The lowest BCUT2D eigenvalue weighted by Gasteiger charge is -2.54. The topological polar surface area (TPSA) is 89.2 Å². The highest BCUT2D eigenvalue weighted by Crippen LogP contribution is 2.46. The van der Waals surface area contributed by atoms with Gasteiger partial charge in [-0.2, -0.15) is 0 Å². The molecule has 1 saturated heterocycles. The molecule has 0 radical (unpaired) electrons. The van der Waals surface area contributed by atoms with Crippen LogP contribution in [0.5, 0.6) is 0 Å². The van der Waals surface area contributed by atoms with Crippen LogP contribution in [0.1, 0.15) is 87.0 Å². The van der Waals surface area contributed by atoms with E-state index in [9.17, 15) is 18.4 Å². The summed E-state index contributed by atoms with van der Waals surface area (Å²) >= 11 is 0. The first kappa shape index (κ1) is 29.2. The van der Waals surface area contributed by atoms with Crippen LogP contribution in [-0.4, -0.2) is 51.2 Å². The van der Waals surface area contributed by atoms with E-state index in [1.165, 1.54) is 31.4 Å². The fourth-order valence-electron chi connectivity index (χ4n) is 6.51.